The van der Waals surface area contributed by atoms with Crippen molar-refractivity contribution in [1.29, 1.82) is 0 Å². The van der Waals surface area contributed by atoms with Crippen molar-refractivity contribution in [2.24, 2.45) is 0 Å². The first kappa shape index (κ1) is 11.5. The number of nitrogens with two attached hydrogens (primary N) is 1. The Labute approximate surface area is 111 Å². The summed E-state index contributed by atoms with van der Waals surface area (Å²) in [4.78, 5) is 5.05. The van der Waals surface area contributed by atoms with Crippen LogP contribution in [0.5, 0.6) is 0 Å². The molecule has 3 heterocycles. The van der Waals surface area contributed by atoms with Gasteiger partial charge in [-0.2, -0.15) is 0 Å². The number of nitrogens with zero attached hydrogens (tertiary/aromatic N) is 2. The molecule has 1 aliphatic rings. The molecular formula is C14H18N3S+. The van der Waals surface area contributed by atoms with E-state index in [9.17, 15) is 0 Å². The molecule has 0 amide bonds. The van der Waals surface area contributed by atoms with Crippen molar-refractivity contribution >= 4 is 22.8 Å². The average Bonchev–Trinajstić information content (AvgIpc) is 2.66. The number of hydrogen-bond acceptors (Lipinski definition) is 3. The SMILES string of the molecule is Cc1ccc(C[n+]2ccc(N3CCC3)cc2N)s1. The van der Waals surface area contributed by atoms with Crippen molar-refractivity contribution in [3.05, 3.63) is 40.2 Å². The van der Waals surface area contributed by atoms with Gasteiger partial charge in [0.15, 0.2) is 0 Å². The van der Waals surface area contributed by atoms with Crippen LogP contribution in [0.4, 0.5) is 11.5 Å². The molecule has 1 saturated heterocycles. The van der Waals surface area contributed by atoms with Gasteiger partial charge in [-0.25, -0.2) is 4.57 Å². The van der Waals surface area contributed by atoms with E-state index in [-0.39, 0.29) is 0 Å². The number of rotatable bonds is 3. The van der Waals surface area contributed by atoms with E-state index in [1.807, 2.05) is 11.3 Å². The van der Waals surface area contributed by atoms with E-state index in [0.29, 0.717) is 0 Å². The number of anilines is 2. The number of aryl methyl sites for hydroxylation is 1. The van der Waals surface area contributed by atoms with Gasteiger partial charge in [0.2, 0.25) is 0 Å². The summed E-state index contributed by atoms with van der Waals surface area (Å²) in [6, 6.07) is 8.58. The number of nitrogen functional groups attached to an aromatic ring is 1. The van der Waals surface area contributed by atoms with Crippen molar-refractivity contribution in [3.8, 4) is 0 Å². The summed E-state index contributed by atoms with van der Waals surface area (Å²) in [6.07, 6.45) is 3.39. The summed E-state index contributed by atoms with van der Waals surface area (Å²) >= 11 is 1.83. The number of pyridine rings is 1. The van der Waals surface area contributed by atoms with E-state index in [1.165, 1.54) is 21.9 Å². The lowest BCUT2D eigenvalue weighted by atomic mass is 10.2. The zero-order valence-corrected chi connectivity index (χ0v) is 11.4. The molecule has 0 unspecified atom stereocenters. The molecule has 2 aromatic heterocycles. The lowest BCUT2D eigenvalue weighted by molar-refractivity contribution is -0.673. The van der Waals surface area contributed by atoms with Gasteiger partial charge < -0.3 is 4.90 Å². The topological polar surface area (TPSA) is 33.1 Å². The summed E-state index contributed by atoms with van der Waals surface area (Å²) in [6.45, 7) is 5.32. The van der Waals surface area contributed by atoms with Gasteiger partial charge in [-0.1, -0.05) is 0 Å². The van der Waals surface area contributed by atoms with Gasteiger partial charge in [0.1, 0.15) is 6.54 Å². The van der Waals surface area contributed by atoms with Crippen LogP contribution in [0.2, 0.25) is 0 Å². The first-order valence-corrected chi connectivity index (χ1v) is 7.13. The predicted molar refractivity (Wildman–Crippen MR) is 76.0 cm³/mol. The maximum Gasteiger partial charge on any atom is 0.274 e. The molecule has 18 heavy (non-hydrogen) atoms. The van der Waals surface area contributed by atoms with E-state index in [1.54, 1.807) is 0 Å². The average molecular weight is 260 g/mol. The van der Waals surface area contributed by atoms with Crippen LogP contribution in [0.15, 0.2) is 30.5 Å². The Kier molecular flexibility index (Phi) is 2.96. The Bertz CT molecular complexity index is 558. The van der Waals surface area contributed by atoms with Crippen molar-refractivity contribution < 1.29 is 4.57 Å². The highest BCUT2D eigenvalue weighted by Gasteiger charge is 2.17. The lowest BCUT2D eigenvalue weighted by Crippen LogP contribution is -2.40. The van der Waals surface area contributed by atoms with Crippen molar-refractivity contribution in [3.63, 3.8) is 0 Å². The third-order valence-electron chi connectivity index (χ3n) is 3.40. The molecule has 2 N–H and O–H groups in total. The van der Waals surface area contributed by atoms with Crippen LogP contribution in [-0.2, 0) is 6.54 Å². The summed E-state index contributed by atoms with van der Waals surface area (Å²) in [5.74, 6) is 0.838. The molecule has 4 heteroatoms. The largest absolute Gasteiger partial charge is 0.371 e. The normalized spacial score (nSPS) is 14.6. The first-order valence-electron chi connectivity index (χ1n) is 6.31. The molecule has 2 aromatic rings. The quantitative estimate of drug-likeness (QED) is 0.858. The first-order chi connectivity index (χ1) is 8.72. The predicted octanol–water partition coefficient (Wildman–Crippen LogP) is 2.18. The van der Waals surface area contributed by atoms with Crippen LogP contribution in [-0.4, -0.2) is 13.1 Å². The fourth-order valence-corrected chi connectivity index (χ4v) is 3.08. The third-order valence-corrected chi connectivity index (χ3v) is 4.38. The van der Waals surface area contributed by atoms with Crippen LogP contribution in [0.1, 0.15) is 16.2 Å². The Morgan fingerprint density at radius 1 is 1.33 bits per heavy atom. The number of hydrogen-bond donors (Lipinski definition) is 1. The van der Waals surface area contributed by atoms with E-state index in [4.69, 9.17) is 5.73 Å². The molecule has 0 bridgehead atoms. The zero-order valence-electron chi connectivity index (χ0n) is 10.6. The van der Waals surface area contributed by atoms with E-state index in [0.717, 1.165) is 25.5 Å². The molecule has 1 fully saturated rings. The molecule has 0 aliphatic carbocycles. The van der Waals surface area contributed by atoms with Gasteiger partial charge >= 0.3 is 0 Å². The summed E-state index contributed by atoms with van der Waals surface area (Å²) in [5.41, 5.74) is 7.38. The monoisotopic (exact) mass is 260 g/mol. The second-order valence-electron chi connectivity index (χ2n) is 4.79. The molecule has 3 nitrogen and oxygen atoms in total. The number of thiophene rings is 1. The lowest BCUT2D eigenvalue weighted by Gasteiger charge is -2.32. The Morgan fingerprint density at radius 3 is 2.72 bits per heavy atom. The molecule has 0 atom stereocenters. The minimum absolute atomic E-state index is 0.838. The minimum atomic E-state index is 0.838. The van der Waals surface area contributed by atoms with Crippen molar-refractivity contribution in [1.82, 2.24) is 0 Å². The zero-order chi connectivity index (χ0) is 12.5. The summed E-state index contributed by atoms with van der Waals surface area (Å²) < 4.78 is 2.11. The Morgan fingerprint density at radius 2 is 2.17 bits per heavy atom. The molecule has 0 radical (unpaired) electrons. The Balaban J connectivity index is 1.80. The standard InChI is InChI=1S/C14H17N3S/c1-11-3-4-13(18-11)10-17-8-5-12(9-14(17)15)16-6-2-7-16/h3-5,8-9,15H,2,6-7,10H2,1H3/p+1. The van der Waals surface area contributed by atoms with Gasteiger partial charge in [-0.05, 0) is 25.5 Å². The van der Waals surface area contributed by atoms with E-state index < -0.39 is 0 Å². The van der Waals surface area contributed by atoms with Crippen molar-refractivity contribution in [2.45, 2.75) is 19.9 Å². The molecule has 94 valence electrons. The van der Waals surface area contributed by atoms with Gasteiger partial charge in [0.25, 0.3) is 5.82 Å². The summed E-state index contributed by atoms with van der Waals surface area (Å²) in [5, 5.41) is 0. The van der Waals surface area contributed by atoms with Crippen LogP contribution in [0, 0.1) is 6.92 Å². The van der Waals surface area contributed by atoms with Crippen LogP contribution in [0.3, 0.4) is 0 Å². The molecule has 3 rings (SSSR count). The van der Waals surface area contributed by atoms with Crippen LogP contribution < -0.4 is 15.2 Å². The Hall–Kier alpha value is -1.55. The highest BCUT2D eigenvalue weighted by atomic mass is 32.1. The van der Waals surface area contributed by atoms with Gasteiger partial charge in [-0.15, -0.1) is 11.3 Å². The maximum atomic E-state index is 6.13. The van der Waals surface area contributed by atoms with E-state index >= 15 is 0 Å². The molecular weight excluding hydrogens is 242 g/mol. The van der Waals surface area contributed by atoms with E-state index in [2.05, 4.69) is 46.9 Å². The second kappa shape index (κ2) is 4.61. The fraction of sp³-hybridized carbons (Fsp3) is 0.357. The summed E-state index contributed by atoms with van der Waals surface area (Å²) in [7, 11) is 0. The molecule has 0 saturated carbocycles. The molecule has 0 aromatic carbocycles. The fourth-order valence-electron chi connectivity index (χ4n) is 2.19. The van der Waals surface area contributed by atoms with Crippen LogP contribution >= 0.6 is 11.3 Å². The second-order valence-corrected chi connectivity index (χ2v) is 6.16. The smallest absolute Gasteiger partial charge is 0.274 e. The van der Waals surface area contributed by atoms with Gasteiger partial charge in [-0.3, -0.25) is 5.73 Å². The van der Waals surface area contributed by atoms with Gasteiger partial charge in [0.05, 0.1) is 12.3 Å². The molecule has 1 aliphatic heterocycles. The highest BCUT2D eigenvalue weighted by molar-refractivity contribution is 7.11. The van der Waals surface area contributed by atoms with Gasteiger partial charge in [0, 0.05) is 34.6 Å². The molecule has 0 spiro atoms. The maximum absolute atomic E-state index is 6.13. The van der Waals surface area contributed by atoms with Crippen LogP contribution in [0.25, 0.3) is 0 Å². The van der Waals surface area contributed by atoms with Crippen molar-refractivity contribution in [2.75, 3.05) is 23.7 Å². The third kappa shape index (κ3) is 2.20. The minimum Gasteiger partial charge on any atom is -0.371 e. The highest BCUT2D eigenvalue weighted by Crippen LogP contribution is 2.21. The number of aromatic nitrogens is 1.